The van der Waals surface area contributed by atoms with Crippen LogP contribution in [0.3, 0.4) is 0 Å². The summed E-state index contributed by atoms with van der Waals surface area (Å²) in [4.78, 5) is 0. The molecule has 0 unspecified atom stereocenters. The van der Waals surface area contributed by atoms with Crippen molar-refractivity contribution in [2.75, 3.05) is 10.5 Å². The van der Waals surface area contributed by atoms with E-state index in [2.05, 4.69) is 4.72 Å². The lowest BCUT2D eigenvalue weighted by atomic mass is 10.0. The summed E-state index contributed by atoms with van der Waals surface area (Å²) in [5, 5.41) is -0.371. The number of nitrogen functional groups attached to an aromatic ring is 1. The van der Waals surface area contributed by atoms with Gasteiger partial charge in [0.2, 0.25) is 10.0 Å². The number of anilines is 2. The Bertz CT molecular complexity index is 889. The van der Waals surface area contributed by atoms with Gasteiger partial charge in [0.25, 0.3) is 0 Å². The third kappa shape index (κ3) is 6.52. The lowest BCUT2D eigenvalue weighted by Crippen LogP contribution is -2.29. The van der Waals surface area contributed by atoms with Crippen molar-refractivity contribution in [3.63, 3.8) is 0 Å². The molecule has 2 aromatic rings. The van der Waals surface area contributed by atoms with Crippen LogP contribution in [0.4, 0.5) is 20.2 Å². The zero-order chi connectivity index (χ0) is 20.0. The first-order valence-electron chi connectivity index (χ1n) is 8.36. The normalized spacial score (nSPS) is 15.0. The van der Waals surface area contributed by atoms with Crippen LogP contribution in [0.25, 0.3) is 0 Å². The van der Waals surface area contributed by atoms with Crippen molar-refractivity contribution in [2.24, 2.45) is 0 Å². The molecule has 0 amide bonds. The predicted molar refractivity (Wildman–Crippen MR) is 107 cm³/mol. The van der Waals surface area contributed by atoms with Crippen LogP contribution in [0.2, 0.25) is 10.0 Å². The number of nitrogens with one attached hydrogen (secondary N) is 1. The molecular formula is C18H20Cl2F2N2O2S. The highest BCUT2D eigenvalue weighted by molar-refractivity contribution is 7.93. The molecule has 0 spiro atoms. The Kier molecular flexibility index (Phi) is 7.70. The van der Waals surface area contributed by atoms with E-state index in [1.165, 1.54) is 30.3 Å². The van der Waals surface area contributed by atoms with Gasteiger partial charge in [0.05, 0.1) is 21.0 Å². The maximum atomic E-state index is 13.0. The highest BCUT2D eigenvalue weighted by Crippen LogP contribution is 2.26. The molecule has 3 rings (SSSR count). The number of rotatable bonds is 3. The molecule has 0 aliphatic heterocycles. The van der Waals surface area contributed by atoms with Gasteiger partial charge in [-0.2, -0.15) is 0 Å². The average molecular weight is 437 g/mol. The molecule has 9 heteroatoms. The molecule has 0 heterocycles. The van der Waals surface area contributed by atoms with E-state index in [1.807, 2.05) is 0 Å². The second-order valence-electron chi connectivity index (χ2n) is 6.21. The molecule has 27 heavy (non-hydrogen) atoms. The van der Waals surface area contributed by atoms with Gasteiger partial charge in [-0.15, -0.1) is 0 Å². The van der Waals surface area contributed by atoms with Crippen LogP contribution in [-0.2, 0) is 10.0 Å². The van der Waals surface area contributed by atoms with Gasteiger partial charge in [-0.25, -0.2) is 17.2 Å². The van der Waals surface area contributed by atoms with Gasteiger partial charge in [-0.05, 0) is 49.2 Å². The van der Waals surface area contributed by atoms with Gasteiger partial charge in [0.15, 0.2) is 0 Å². The van der Waals surface area contributed by atoms with Gasteiger partial charge in [-0.3, -0.25) is 4.72 Å². The maximum Gasteiger partial charge on any atom is 0.235 e. The Morgan fingerprint density at radius 2 is 1.48 bits per heavy atom. The molecule has 2 aromatic carbocycles. The van der Waals surface area contributed by atoms with E-state index < -0.39 is 21.7 Å². The first-order chi connectivity index (χ1) is 12.7. The second-order valence-corrected chi connectivity index (χ2v) is 8.98. The lowest BCUT2D eigenvalue weighted by molar-refractivity contribution is 0.486. The first-order valence-corrected chi connectivity index (χ1v) is 10.7. The fourth-order valence-electron chi connectivity index (χ4n) is 2.70. The van der Waals surface area contributed by atoms with Crippen LogP contribution in [0.5, 0.6) is 0 Å². The van der Waals surface area contributed by atoms with Crippen molar-refractivity contribution >= 4 is 44.6 Å². The average Bonchev–Trinajstić information content (AvgIpc) is 2.63. The standard InChI is InChI=1S/C12H15ClFNO2S.C6H5ClFN/c13-11-8-9(6-7-12(11)14)15-18(16,17)10-4-2-1-3-5-10;7-5-3-4(9)1-2-6(5)8/h6-8,10,15H,1-5H2;1-3H,9H2. The number of hydrogen-bond donors (Lipinski definition) is 2. The minimum atomic E-state index is -3.40. The molecule has 1 fully saturated rings. The van der Waals surface area contributed by atoms with E-state index >= 15 is 0 Å². The number of sulfonamides is 1. The van der Waals surface area contributed by atoms with E-state index in [9.17, 15) is 17.2 Å². The summed E-state index contributed by atoms with van der Waals surface area (Å²) in [6.07, 6.45) is 4.34. The Labute approximate surface area is 167 Å². The van der Waals surface area contributed by atoms with Crippen molar-refractivity contribution in [3.8, 4) is 0 Å². The molecule has 4 nitrogen and oxygen atoms in total. The van der Waals surface area contributed by atoms with E-state index in [-0.39, 0.29) is 15.3 Å². The predicted octanol–water partition coefficient (Wildman–Crippen LogP) is 5.61. The summed E-state index contributed by atoms with van der Waals surface area (Å²) >= 11 is 11.0. The van der Waals surface area contributed by atoms with Crippen molar-refractivity contribution in [1.29, 1.82) is 0 Å². The summed E-state index contributed by atoms with van der Waals surface area (Å²) in [7, 11) is -3.40. The summed E-state index contributed by atoms with van der Waals surface area (Å²) in [6, 6.07) is 7.88. The molecule has 1 saturated carbocycles. The van der Waals surface area contributed by atoms with E-state index in [0.29, 0.717) is 24.2 Å². The quantitative estimate of drug-likeness (QED) is 0.613. The van der Waals surface area contributed by atoms with Crippen molar-refractivity contribution < 1.29 is 17.2 Å². The summed E-state index contributed by atoms with van der Waals surface area (Å²) in [5.74, 6) is -0.997. The van der Waals surface area contributed by atoms with Gasteiger partial charge < -0.3 is 5.73 Å². The number of halogens is 4. The molecule has 148 valence electrons. The third-order valence-corrected chi connectivity index (χ3v) is 6.56. The molecule has 0 aromatic heterocycles. The molecule has 0 radical (unpaired) electrons. The van der Waals surface area contributed by atoms with Gasteiger partial charge in [0.1, 0.15) is 11.6 Å². The fraction of sp³-hybridized carbons (Fsp3) is 0.333. The van der Waals surface area contributed by atoms with Crippen LogP contribution in [-0.4, -0.2) is 13.7 Å². The second kappa shape index (κ2) is 9.57. The topological polar surface area (TPSA) is 72.2 Å². The number of nitrogens with two attached hydrogens (primary N) is 1. The number of benzene rings is 2. The molecule has 0 atom stereocenters. The largest absolute Gasteiger partial charge is 0.399 e. The summed E-state index contributed by atoms with van der Waals surface area (Å²) < 4.78 is 52.0. The van der Waals surface area contributed by atoms with Crippen LogP contribution in [0.1, 0.15) is 32.1 Å². The first kappa shape index (κ1) is 21.7. The zero-order valence-corrected chi connectivity index (χ0v) is 16.7. The summed E-state index contributed by atoms with van der Waals surface area (Å²) in [6.45, 7) is 0. The highest BCUT2D eigenvalue weighted by Gasteiger charge is 2.27. The maximum absolute atomic E-state index is 13.0. The molecule has 0 saturated heterocycles. The Morgan fingerprint density at radius 3 is 2.00 bits per heavy atom. The molecule has 1 aliphatic rings. The van der Waals surface area contributed by atoms with Crippen LogP contribution in [0.15, 0.2) is 36.4 Å². The molecule has 3 N–H and O–H groups in total. The summed E-state index contributed by atoms with van der Waals surface area (Å²) in [5.41, 5.74) is 6.06. The minimum absolute atomic E-state index is 0.0648. The molecule has 0 bridgehead atoms. The van der Waals surface area contributed by atoms with E-state index in [4.69, 9.17) is 28.9 Å². The smallest absolute Gasteiger partial charge is 0.235 e. The minimum Gasteiger partial charge on any atom is -0.399 e. The Balaban J connectivity index is 0.000000244. The molecule has 1 aliphatic carbocycles. The zero-order valence-electron chi connectivity index (χ0n) is 14.4. The van der Waals surface area contributed by atoms with Crippen LogP contribution in [0, 0.1) is 11.6 Å². The third-order valence-electron chi connectivity index (χ3n) is 4.11. The lowest BCUT2D eigenvalue weighted by Gasteiger charge is -2.22. The van der Waals surface area contributed by atoms with E-state index in [0.717, 1.165) is 25.3 Å². The van der Waals surface area contributed by atoms with Crippen molar-refractivity contribution in [2.45, 2.75) is 37.4 Å². The monoisotopic (exact) mass is 436 g/mol. The van der Waals surface area contributed by atoms with E-state index in [1.54, 1.807) is 0 Å². The SMILES string of the molecule is Nc1ccc(F)c(Cl)c1.O=S(=O)(Nc1ccc(F)c(Cl)c1)C1CCCCC1. The van der Waals surface area contributed by atoms with Crippen LogP contribution >= 0.6 is 23.2 Å². The highest BCUT2D eigenvalue weighted by atomic mass is 35.5. The fourth-order valence-corrected chi connectivity index (χ4v) is 4.64. The molecular weight excluding hydrogens is 417 g/mol. The van der Waals surface area contributed by atoms with Gasteiger partial charge in [-0.1, -0.05) is 42.5 Å². The van der Waals surface area contributed by atoms with Crippen molar-refractivity contribution in [1.82, 2.24) is 0 Å². The Hall–Kier alpha value is -1.57. The van der Waals surface area contributed by atoms with Crippen molar-refractivity contribution in [3.05, 3.63) is 58.1 Å². The van der Waals surface area contributed by atoms with Gasteiger partial charge >= 0.3 is 0 Å². The number of hydrogen-bond acceptors (Lipinski definition) is 3. The van der Waals surface area contributed by atoms with Crippen LogP contribution < -0.4 is 10.5 Å². The Morgan fingerprint density at radius 1 is 0.926 bits per heavy atom. The van der Waals surface area contributed by atoms with Gasteiger partial charge in [0, 0.05) is 5.69 Å².